The number of nitrogens with one attached hydrogen (secondary N) is 2. The van der Waals surface area contributed by atoms with Crippen molar-refractivity contribution in [2.45, 2.75) is 55.2 Å². The molecule has 2 N–H and O–H groups in total. The van der Waals surface area contributed by atoms with Crippen LogP contribution in [-0.4, -0.2) is 15.9 Å². The third kappa shape index (κ3) is 7.99. The molecule has 0 saturated heterocycles. The smallest absolute Gasteiger partial charge is 0.361 e. The Kier molecular flexibility index (Phi) is 9.13. The average Bonchev–Trinajstić information content (AvgIpc) is 2.51. The fraction of sp³-hybridized carbons (Fsp3) is 0.562. The Morgan fingerprint density at radius 1 is 1.15 bits per heavy atom. The third-order valence-electron chi connectivity index (χ3n) is 3.48. The first-order chi connectivity index (χ1) is 11.9. The molecule has 1 aromatic rings. The predicted molar refractivity (Wildman–Crippen MR) is 101 cm³/mol. The number of alkyl halides is 6. The molecule has 10 heteroatoms. The number of anilines is 1. The molecule has 1 rings (SSSR count). The van der Waals surface area contributed by atoms with Gasteiger partial charge in [0.25, 0.3) is 0 Å². The van der Waals surface area contributed by atoms with Crippen LogP contribution >= 0.6 is 46.4 Å². The Labute approximate surface area is 170 Å². The van der Waals surface area contributed by atoms with Crippen molar-refractivity contribution in [3.05, 3.63) is 28.8 Å². The molecule has 0 spiro atoms. The molecule has 0 fully saturated rings. The van der Waals surface area contributed by atoms with Gasteiger partial charge in [-0.25, -0.2) is 0 Å². The first kappa shape index (κ1) is 23.5. The summed E-state index contributed by atoms with van der Waals surface area (Å²) in [6, 6.07) is 2.71. The van der Waals surface area contributed by atoms with Crippen LogP contribution in [0.4, 0.5) is 18.9 Å². The summed E-state index contributed by atoms with van der Waals surface area (Å²) < 4.78 is 36.6. The fourth-order valence-corrected chi connectivity index (χ4v) is 2.61. The van der Waals surface area contributed by atoms with E-state index in [2.05, 4.69) is 10.6 Å². The normalized spacial score (nSPS) is 13.4. The van der Waals surface area contributed by atoms with Gasteiger partial charge in [-0.3, -0.25) is 4.79 Å². The predicted octanol–water partition coefficient (Wildman–Crippen LogP) is 6.55. The maximum Gasteiger partial charge on any atom is 0.416 e. The lowest BCUT2D eigenvalue weighted by molar-refractivity contribution is -0.137. The minimum absolute atomic E-state index is 0.00514. The van der Waals surface area contributed by atoms with Gasteiger partial charge in [0.05, 0.1) is 16.3 Å². The van der Waals surface area contributed by atoms with Crippen molar-refractivity contribution in [3.63, 3.8) is 0 Å². The molecule has 26 heavy (non-hydrogen) atoms. The zero-order chi connectivity index (χ0) is 20.0. The molecule has 1 amide bonds. The van der Waals surface area contributed by atoms with Crippen molar-refractivity contribution in [1.29, 1.82) is 0 Å². The Morgan fingerprint density at radius 2 is 1.81 bits per heavy atom. The van der Waals surface area contributed by atoms with Crippen LogP contribution in [0.5, 0.6) is 0 Å². The van der Waals surface area contributed by atoms with Gasteiger partial charge in [0.2, 0.25) is 9.70 Å². The SMILES string of the molecule is CCCCCCC(=O)NC(Nc1cc(C(F)(F)F)ccc1Cl)C(Cl)(Cl)Cl. The van der Waals surface area contributed by atoms with Gasteiger partial charge in [0.15, 0.2) is 0 Å². The Hall–Kier alpha value is -0.560. The summed E-state index contributed by atoms with van der Waals surface area (Å²) >= 11 is 23.5. The lowest BCUT2D eigenvalue weighted by atomic mass is 10.1. The summed E-state index contributed by atoms with van der Waals surface area (Å²) in [5.41, 5.74) is -1.03. The van der Waals surface area contributed by atoms with Crippen LogP contribution in [0.3, 0.4) is 0 Å². The summed E-state index contributed by atoms with van der Waals surface area (Å²) in [6.07, 6.45) is -2.03. The molecule has 1 aromatic carbocycles. The number of benzene rings is 1. The number of unbranched alkanes of at least 4 members (excludes halogenated alkanes) is 3. The number of halogens is 7. The number of carbonyl (C=O) groups is 1. The molecule has 0 aliphatic heterocycles. The molecule has 0 saturated carbocycles. The number of amides is 1. The van der Waals surface area contributed by atoms with Gasteiger partial charge in [-0.15, -0.1) is 0 Å². The highest BCUT2D eigenvalue weighted by Gasteiger charge is 2.35. The molecule has 0 bridgehead atoms. The summed E-state index contributed by atoms with van der Waals surface area (Å²) in [7, 11) is 0. The fourth-order valence-electron chi connectivity index (χ4n) is 2.11. The van der Waals surface area contributed by atoms with E-state index in [1.807, 2.05) is 6.92 Å². The van der Waals surface area contributed by atoms with Crippen LogP contribution in [0.15, 0.2) is 18.2 Å². The highest BCUT2D eigenvalue weighted by atomic mass is 35.6. The van der Waals surface area contributed by atoms with Crippen molar-refractivity contribution < 1.29 is 18.0 Å². The molecule has 1 unspecified atom stereocenters. The van der Waals surface area contributed by atoms with Crippen molar-refractivity contribution >= 4 is 58.0 Å². The highest BCUT2D eigenvalue weighted by molar-refractivity contribution is 6.68. The number of carbonyl (C=O) groups excluding carboxylic acids is 1. The minimum atomic E-state index is -4.56. The van der Waals surface area contributed by atoms with E-state index in [4.69, 9.17) is 46.4 Å². The van der Waals surface area contributed by atoms with Gasteiger partial charge >= 0.3 is 6.18 Å². The second-order valence-electron chi connectivity index (χ2n) is 5.69. The zero-order valence-corrected chi connectivity index (χ0v) is 16.9. The van der Waals surface area contributed by atoms with E-state index in [9.17, 15) is 18.0 Å². The molecular formula is C16H19Cl4F3N2O. The van der Waals surface area contributed by atoms with Crippen LogP contribution in [0.2, 0.25) is 5.02 Å². The minimum Gasteiger partial charge on any atom is -0.361 e. The van der Waals surface area contributed by atoms with E-state index in [0.717, 1.165) is 37.5 Å². The summed E-state index contributed by atoms with van der Waals surface area (Å²) in [4.78, 5) is 12.0. The van der Waals surface area contributed by atoms with E-state index in [0.29, 0.717) is 6.42 Å². The molecule has 0 aliphatic rings. The Bertz CT molecular complexity index is 606. The van der Waals surface area contributed by atoms with Crippen LogP contribution in [0.25, 0.3) is 0 Å². The topological polar surface area (TPSA) is 41.1 Å². The Morgan fingerprint density at radius 3 is 2.35 bits per heavy atom. The first-order valence-electron chi connectivity index (χ1n) is 7.94. The first-order valence-corrected chi connectivity index (χ1v) is 9.45. The maximum atomic E-state index is 12.9. The van der Waals surface area contributed by atoms with Crippen LogP contribution in [0.1, 0.15) is 44.6 Å². The molecule has 0 aliphatic carbocycles. The molecule has 0 radical (unpaired) electrons. The standard InChI is InChI=1S/C16H19Cl4F3N2O/c1-2-3-4-5-6-13(26)25-14(15(18,19)20)24-12-9-10(16(21,22)23)7-8-11(12)17/h7-9,14,24H,2-6H2,1H3,(H,25,26). The lowest BCUT2D eigenvalue weighted by Crippen LogP contribution is -2.49. The van der Waals surface area contributed by atoms with Crippen molar-refractivity contribution in [1.82, 2.24) is 5.32 Å². The molecule has 148 valence electrons. The molecule has 0 heterocycles. The second-order valence-corrected chi connectivity index (χ2v) is 8.47. The molecule has 0 aromatic heterocycles. The summed E-state index contributed by atoms with van der Waals surface area (Å²) in [5.74, 6) is -0.381. The quantitative estimate of drug-likeness (QED) is 0.266. The van der Waals surface area contributed by atoms with E-state index >= 15 is 0 Å². The van der Waals surface area contributed by atoms with E-state index < -0.39 is 21.7 Å². The Balaban J connectivity index is 2.87. The largest absolute Gasteiger partial charge is 0.416 e. The van der Waals surface area contributed by atoms with Crippen molar-refractivity contribution in [2.75, 3.05) is 5.32 Å². The third-order valence-corrected chi connectivity index (χ3v) is 4.47. The maximum absolute atomic E-state index is 12.9. The van der Waals surface area contributed by atoms with Gasteiger partial charge in [0.1, 0.15) is 6.17 Å². The van der Waals surface area contributed by atoms with Crippen molar-refractivity contribution in [3.8, 4) is 0 Å². The zero-order valence-electron chi connectivity index (χ0n) is 13.9. The average molecular weight is 454 g/mol. The van der Waals surface area contributed by atoms with Crippen LogP contribution in [-0.2, 0) is 11.0 Å². The number of hydrogen-bond acceptors (Lipinski definition) is 2. The van der Waals surface area contributed by atoms with Crippen LogP contribution in [0, 0.1) is 0 Å². The van der Waals surface area contributed by atoms with Gasteiger partial charge in [-0.05, 0) is 24.6 Å². The summed E-state index contributed by atoms with van der Waals surface area (Å²) in [5, 5.41) is 5.05. The molecular weight excluding hydrogens is 435 g/mol. The molecule has 3 nitrogen and oxygen atoms in total. The van der Waals surface area contributed by atoms with E-state index in [-0.39, 0.29) is 23.0 Å². The number of hydrogen-bond donors (Lipinski definition) is 2. The van der Waals surface area contributed by atoms with Gasteiger partial charge < -0.3 is 10.6 Å². The molecule has 1 atom stereocenters. The number of rotatable bonds is 8. The van der Waals surface area contributed by atoms with E-state index in [1.54, 1.807) is 0 Å². The lowest BCUT2D eigenvalue weighted by Gasteiger charge is -2.28. The van der Waals surface area contributed by atoms with Gasteiger partial charge in [-0.2, -0.15) is 13.2 Å². The van der Waals surface area contributed by atoms with E-state index in [1.165, 1.54) is 0 Å². The van der Waals surface area contributed by atoms with Gasteiger partial charge in [-0.1, -0.05) is 72.6 Å². The summed E-state index contributed by atoms with van der Waals surface area (Å²) in [6.45, 7) is 2.04. The van der Waals surface area contributed by atoms with Crippen molar-refractivity contribution in [2.24, 2.45) is 0 Å². The van der Waals surface area contributed by atoms with Crippen LogP contribution < -0.4 is 10.6 Å². The van der Waals surface area contributed by atoms with Gasteiger partial charge in [0, 0.05) is 6.42 Å². The highest BCUT2D eigenvalue weighted by Crippen LogP contribution is 2.36. The second kappa shape index (κ2) is 10.1. The monoisotopic (exact) mass is 452 g/mol.